The van der Waals surface area contributed by atoms with Gasteiger partial charge >= 0.3 is 6.30 Å². The zero-order chi connectivity index (χ0) is 10.1. The van der Waals surface area contributed by atoms with Crippen molar-refractivity contribution in [3.63, 3.8) is 0 Å². The molecule has 13 heavy (non-hydrogen) atoms. The van der Waals surface area contributed by atoms with Gasteiger partial charge in [-0.1, -0.05) is 0 Å². The third-order valence-corrected chi connectivity index (χ3v) is 1.79. The van der Waals surface area contributed by atoms with E-state index in [0.717, 1.165) is 12.3 Å². The molecule has 1 rings (SSSR count). The largest absolute Gasteiger partial charge is 0.505 e. The minimum Gasteiger partial charge on any atom is -0.198 e. The summed E-state index contributed by atoms with van der Waals surface area (Å²) in [5.74, 6) is -2.89. The summed E-state index contributed by atoms with van der Waals surface area (Å²) in [4.78, 5) is 0. The van der Waals surface area contributed by atoms with Crippen LogP contribution in [0.25, 0.3) is 0 Å². The van der Waals surface area contributed by atoms with Gasteiger partial charge in [-0.15, -0.1) is 13.2 Å². The highest BCUT2D eigenvalue weighted by molar-refractivity contribution is 7.99. The molecule has 0 spiro atoms. The lowest BCUT2D eigenvalue weighted by Gasteiger charge is -2.08. The van der Waals surface area contributed by atoms with Crippen LogP contribution in [-0.2, 0) is 6.30 Å². The normalized spacial score (nSPS) is 12.5. The van der Waals surface area contributed by atoms with Crippen molar-refractivity contribution in [1.29, 1.82) is 0 Å². The van der Waals surface area contributed by atoms with Crippen LogP contribution in [-0.4, -0.2) is 15.5 Å². The van der Waals surface area contributed by atoms with Gasteiger partial charge in [-0.25, -0.2) is 0 Å². The molecule has 0 aliphatic carbocycles. The molecule has 0 bridgehead atoms. The standard InChI is InChI=1S/C5H3F5N2S/c6-4(7)13-3-1-2-11-12(3)5(8,9)10/h1-2,4H. The molecule has 0 saturated carbocycles. The molecule has 0 fully saturated rings. The highest BCUT2D eigenvalue weighted by Crippen LogP contribution is 2.31. The molecule has 2 nitrogen and oxygen atoms in total. The highest BCUT2D eigenvalue weighted by atomic mass is 32.2. The maximum Gasteiger partial charge on any atom is 0.505 e. The predicted octanol–water partition coefficient (Wildman–Crippen LogP) is 2.67. The van der Waals surface area contributed by atoms with Crippen LogP contribution in [0.1, 0.15) is 0 Å². The zero-order valence-electron chi connectivity index (χ0n) is 5.92. The quantitative estimate of drug-likeness (QED) is 0.561. The SMILES string of the molecule is FC(F)Sc1ccnn1C(F)(F)F. The number of thioether (sulfide) groups is 1. The number of aromatic nitrogens is 2. The van der Waals surface area contributed by atoms with Crippen LogP contribution in [0.5, 0.6) is 0 Å². The third-order valence-electron chi connectivity index (χ3n) is 1.06. The van der Waals surface area contributed by atoms with Crippen LogP contribution >= 0.6 is 11.8 Å². The van der Waals surface area contributed by atoms with Crippen LogP contribution in [0.15, 0.2) is 17.3 Å². The first-order valence-electron chi connectivity index (χ1n) is 2.97. The molecule has 1 aromatic rings. The summed E-state index contributed by atoms with van der Waals surface area (Å²) in [6.45, 7) is 0. The molecule has 0 N–H and O–H groups in total. The first-order chi connectivity index (χ1) is 5.91. The second-order valence-electron chi connectivity index (χ2n) is 1.93. The van der Waals surface area contributed by atoms with E-state index in [1.54, 1.807) is 0 Å². The van der Waals surface area contributed by atoms with Gasteiger partial charge in [0.1, 0.15) is 5.03 Å². The Hall–Kier alpha value is -0.790. The summed E-state index contributed by atoms with van der Waals surface area (Å²) in [7, 11) is 0. The smallest absolute Gasteiger partial charge is 0.198 e. The van der Waals surface area contributed by atoms with Gasteiger partial charge in [0, 0.05) is 0 Å². The number of hydrogen-bond donors (Lipinski definition) is 0. The Morgan fingerprint density at radius 2 is 2.00 bits per heavy atom. The molecule has 0 atom stereocenters. The van der Waals surface area contributed by atoms with Crippen LogP contribution in [0.4, 0.5) is 22.0 Å². The van der Waals surface area contributed by atoms with E-state index in [1.165, 1.54) is 0 Å². The summed E-state index contributed by atoms with van der Waals surface area (Å²) in [6.07, 6.45) is -3.93. The lowest BCUT2D eigenvalue weighted by atomic mass is 10.7. The minimum atomic E-state index is -4.75. The Morgan fingerprint density at radius 1 is 1.38 bits per heavy atom. The molecule has 0 amide bonds. The molecule has 0 aliphatic rings. The molecular weight excluding hydrogens is 215 g/mol. The van der Waals surface area contributed by atoms with Crippen LogP contribution < -0.4 is 0 Å². The fraction of sp³-hybridized carbons (Fsp3) is 0.400. The van der Waals surface area contributed by atoms with E-state index in [9.17, 15) is 22.0 Å². The Bertz CT molecular complexity index is 281. The lowest BCUT2D eigenvalue weighted by molar-refractivity contribution is -0.217. The second-order valence-corrected chi connectivity index (χ2v) is 2.94. The molecule has 0 aliphatic heterocycles. The van der Waals surface area contributed by atoms with Gasteiger partial charge in [-0.3, -0.25) is 0 Å². The Kier molecular flexibility index (Phi) is 2.79. The summed E-state index contributed by atoms with van der Waals surface area (Å²) in [6, 6.07) is 0.879. The topological polar surface area (TPSA) is 17.8 Å². The average molecular weight is 218 g/mol. The van der Waals surface area contributed by atoms with Crippen molar-refractivity contribution >= 4 is 11.8 Å². The molecule has 0 radical (unpaired) electrons. The number of nitrogens with zero attached hydrogens (tertiary/aromatic N) is 2. The highest BCUT2D eigenvalue weighted by Gasteiger charge is 2.34. The fourth-order valence-electron chi connectivity index (χ4n) is 0.662. The summed E-state index contributed by atoms with van der Waals surface area (Å²) >= 11 is -0.194. The van der Waals surface area contributed by atoms with Crippen molar-refractivity contribution in [3.8, 4) is 0 Å². The summed E-state index contributed by atoms with van der Waals surface area (Å²) in [5.41, 5.74) is 0. The number of alkyl halides is 5. The molecule has 8 heteroatoms. The van der Waals surface area contributed by atoms with E-state index in [4.69, 9.17) is 0 Å². The van der Waals surface area contributed by atoms with Crippen molar-refractivity contribution in [1.82, 2.24) is 9.78 Å². The van der Waals surface area contributed by atoms with E-state index in [-0.39, 0.29) is 11.8 Å². The van der Waals surface area contributed by atoms with Gasteiger partial charge < -0.3 is 0 Å². The maximum atomic E-state index is 12.0. The average Bonchev–Trinajstić information content (AvgIpc) is 2.31. The van der Waals surface area contributed by atoms with E-state index >= 15 is 0 Å². The zero-order valence-corrected chi connectivity index (χ0v) is 6.74. The molecule has 0 saturated heterocycles. The molecule has 1 heterocycles. The molecule has 0 aromatic carbocycles. The van der Waals surface area contributed by atoms with Gasteiger partial charge in [0.15, 0.2) is 0 Å². The monoisotopic (exact) mass is 218 g/mol. The first-order valence-corrected chi connectivity index (χ1v) is 3.85. The van der Waals surface area contributed by atoms with E-state index in [0.29, 0.717) is 0 Å². The fourth-order valence-corrected chi connectivity index (χ4v) is 1.23. The van der Waals surface area contributed by atoms with E-state index in [1.807, 2.05) is 0 Å². The predicted molar refractivity (Wildman–Crippen MR) is 35.4 cm³/mol. The van der Waals surface area contributed by atoms with E-state index < -0.39 is 21.8 Å². The Morgan fingerprint density at radius 3 is 2.46 bits per heavy atom. The molecule has 74 valence electrons. The van der Waals surface area contributed by atoms with Crippen LogP contribution in [0.2, 0.25) is 0 Å². The second kappa shape index (κ2) is 3.52. The number of hydrogen-bond acceptors (Lipinski definition) is 2. The van der Waals surface area contributed by atoms with Crippen molar-refractivity contribution in [2.24, 2.45) is 0 Å². The van der Waals surface area contributed by atoms with Gasteiger partial charge in [-0.2, -0.15) is 18.6 Å². The third kappa shape index (κ3) is 2.58. The van der Waals surface area contributed by atoms with Crippen molar-refractivity contribution in [2.45, 2.75) is 17.1 Å². The van der Waals surface area contributed by atoms with Crippen LogP contribution in [0, 0.1) is 0 Å². The Labute approximate surface area is 73.7 Å². The summed E-state index contributed by atoms with van der Waals surface area (Å²) < 4.78 is 59.0. The number of rotatable bonds is 2. The van der Waals surface area contributed by atoms with E-state index in [2.05, 4.69) is 5.10 Å². The van der Waals surface area contributed by atoms with Gasteiger partial charge in [0.05, 0.1) is 6.20 Å². The molecule has 0 unspecified atom stereocenters. The summed E-state index contributed by atoms with van der Waals surface area (Å²) in [5, 5.41) is 2.26. The van der Waals surface area contributed by atoms with Gasteiger partial charge in [-0.05, 0) is 17.8 Å². The molecular formula is C5H3F5N2S. The van der Waals surface area contributed by atoms with Gasteiger partial charge in [0.2, 0.25) is 0 Å². The Balaban J connectivity index is 2.90. The van der Waals surface area contributed by atoms with Gasteiger partial charge in [0.25, 0.3) is 5.76 Å². The van der Waals surface area contributed by atoms with Crippen molar-refractivity contribution in [2.75, 3.05) is 0 Å². The first kappa shape index (κ1) is 10.3. The maximum absolute atomic E-state index is 12.0. The lowest BCUT2D eigenvalue weighted by Crippen LogP contribution is -2.19. The molecule has 1 aromatic heterocycles. The number of halogens is 5. The van der Waals surface area contributed by atoms with Crippen molar-refractivity contribution < 1.29 is 22.0 Å². The van der Waals surface area contributed by atoms with Crippen molar-refractivity contribution in [3.05, 3.63) is 12.3 Å². The van der Waals surface area contributed by atoms with Crippen LogP contribution in [0.3, 0.4) is 0 Å². The minimum absolute atomic E-state index is 0.194.